The molecule has 19 heavy (non-hydrogen) atoms. The molecule has 0 saturated heterocycles. The molecule has 0 saturated carbocycles. The highest BCUT2D eigenvalue weighted by atomic mass is 19.1. The van der Waals surface area contributed by atoms with Gasteiger partial charge in [-0.2, -0.15) is 0 Å². The number of oxime groups is 1. The van der Waals surface area contributed by atoms with Crippen molar-refractivity contribution in [1.82, 2.24) is 0 Å². The molecule has 0 atom stereocenters. The summed E-state index contributed by atoms with van der Waals surface area (Å²) in [7, 11) is 1.92. The van der Waals surface area contributed by atoms with Gasteiger partial charge in [0, 0.05) is 24.7 Å². The van der Waals surface area contributed by atoms with Crippen LogP contribution in [0.4, 0.5) is 10.1 Å². The van der Waals surface area contributed by atoms with Gasteiger partial charge in [0.2, 0.25) is 0 Å². The van der Waals surface area contributed by atoms with E-state index >= 15 is 0 Å². The second kappa shape index (κ2) is 6.41. The van der Waals surface area contributed by atoms with E-state index in [0.29, 0.717) is 0 Å². The summed E-state index contributed by atoms with van der Waals surface area (Å²) in [5, 5.41) is 11.8. The minimum absolute atomic E-state index is 0.235. The maximum Gasteiger partial charge on any atom is 0.144 e. The van der Waals surface area contributed by atoms with E-state index in [0.717, 1.165) is 25.1 Å². The van der Waals surface area contributed by atoms with Gasteiger partial charge in [-0.25, -0.2) is 4.39 Å². The third kappa shape index (κ3) is 4.43. The lowest BCUT2D eigenvalue weighted by atomic mass is 9.86. The van der Waals surface area contributed by atoms with Crippen LogP contribution in [0.5, 0.6) is 0 Å². The predicted octanol–water partition coefficient (Wildman–Crippen LogP) is 2.81. The van der Waals surface area contributed by atoms with Crippen molar-refractivity contribution < 1.29 is 9.60 Å². The number of halogens is 1. The van der Waals surface area contributed by atoms with Gasteiger partial charge in [0.05, 0.1) is 0 Å². The van der Waals surface area contributed by atoms with Gasteiger partial charge >= 0.3 is 0 Å². The second-order valence-corrected chi connectivity index (χ2v) is 5.37. The lowest BCUT2D eigenvalue weighted by Crippen LogP contribution is -2.32. The van der Waals surface area contributed by atoms with Crippen molar-refractivity contribution in [3.8, 4) is 0 Å². The van der Waals surface area contributed by atoms with Gasteiger partial charge in [0.25, 0.3) is 0 Å². The number of anilines is 1. The molecule has 106 valence electrons. The largest absolute Gasteiger partial charge is 0.409 e. The molecule has 1 rings (SSSR count). The Bertz CT molecular complexity index is 446. The van der Waals surface area contributed by atoms with Crippen LogP contribution in [-0.4, -0.2) is 24.6 Å². The first kappa shape index (κ1) is 15.3. The van der Waals surface area contributed by atoms with Gasteiger partial charge < -0.3 is 15.8 Å². The number of hydrogen-bond donors (Lipinski definition) is 2. The highest BCUT2D eigenvalue weighted by molar-refractivity contribution is 5.85. The van der Waals surface area contributed by atoms with Crippen molar-refractivity contribution in [2.75, 3.05) is 18.5 Å². The molecule has 0 unspecified atom stereocenters. The van der Waals surface area contributed by atoms with Crippen molar-refractivity contribution in [1.29, 1.82) is 0 Å². The van der Waals surface area contributed by atoms with Gasteiger partial charge in [0.15, 0.2) is 0 Å². The quantitative estimate of drug-likeness (QED) is 0.360. The first-order valence-corrected chi connectivity index (χ1v) is 6.31. The summed E-state index contributed by atoms with van der Waals surface area (Å²) >= 11 is 0. The molecule has 4 nitrogen and oxygen atoms in total. The molecule has 0 heterocycles. The normalized spacial score (nSPS) is 12.5. The van der Waals surface area contributed by atoms with E-state index < -0.39 is 0 Å². The third-order valence-corrected chi connectivity index (χ3v) is 3.35. The summed E-state index contributed by atoms with van der Waals surface area (Å²) in [4.78, 5) is 1.99. The van der Waals surface area contributed by atoms with Crippen LogP contribution in [0.25, 0.3) is 0 Å². The van der Waals surface area contributed by atoms with Crippen molar-refractivity contribution >= 4 is 11.5 Å². The Hall–Kier alpha value is -1.78. The van der Waals surface area contributed by atoms with Crippen molar-refractivity contribution in [3.63, 3.8) is 0 Å². The summed E-state index contributed by atoms with van der Waals surface area (Å²) in [6, 6.07) is 6.51. The zero-order valence-electron chi connectivity index (χ0n) is 11.7. The maximum absolute atomic E-state index is 13.1. The second-order valence-electron chi connectivity index (χ2n) is 5.37. The van der Waals surface area contributed by atoms with Crippen molar-refractivity contribution in [2.24, 2.45) is 16.3 Å². The van der Waals surface area contributed by atoms with Crippen LogP contribution in [-0.2, 0) is 0 Å². The highest BCUT2D eigenvalue weighted by Crippen LogP contribution is 2.23. The Morgan fingerprint density at radius 1 is 1.47 bits per heavy atom. The Kier molecular flexibility index (Phi) is 5.15. The number of hydrogen-bond acceptors (Lipinski definition) is 3. The van der Waals surface area contributed by atoms with Crippen LogP contribution < -0.4 is 10.6 Å². The standard InChI is InChI=1S/C14H22FN3O/c1-14(2,13(16)17-19)8-5-9-18(3)12-7-4-6-11(15)10-12/h4,6-7,10,19H,5,8-9H2,1-3H3,(H2,16,17). The van der Waals surface area contributed by atoms with Gasteiger partial charge in [-0.1, -0.05) is 25.1 Å². The molecule has 1 aromatic carbocycles. The molecule has 0 fully saturated rings. The molecule has 0 aliphatic carbocycles. The average Bonchev–Trinajstić information content (AvgIpc) is 2.37. The van der Waals surface area contributed by atoms with Crippen LogP contribution in [0.3, 0.4) is 0 Å². The van der Waals surface area contributed by atoms with Gasteiger partial charge in [-0.3, -0.25) is 0 Å². The molecule has 0 radical (unpaired) electrons. The molecule has 0 bridgehead atoms. The number of nitrogens with zero attached hydrogens (tertiary/aromatic N) is 2. The first-order valence-electron chi connectivity index (χ1n) is 6.31. The van der Waals surface area contributed by atoms with Gasteiger partial charge in [-0.15, -0.1) is 0 Å². The smallest absolute Gasteiger partial charge is 0.144 e. The molecule has 0 amide bonds. The molecule has 0 spiro atoms. The topological polar surface area (TPSA) is 61.8 Å². The fourth-order valence-electron chi connectivity index (χ4n) is 1.86. The van der Waals surface area contributed by atoms with E-state index in [4.69, 9.17) is 10.9 Å². The van der Waals surface area contributed by atoms with E-state index in [1.54, 1.807) is 6.07 Å². The minimum Gasteiger partial charge on any atom is -0.409 e. The Labute approximate surface area is 113 Å². The fraction of sp³-hybridized carbons (Fsp3) is 0.500. The zero-order chi connectivity index (χ0) is 14.5. The van der Waals surface area contributed by atoms with Crippen LogP contribution >= 0.6 is 0 Å². The molecule has 5 heteroatoms. The average molecular weight is 267 g/mol. The monoisotopic (exact) mass is 267 g/mol. The maximum atomic E-state index is 13.1. The van der Waals surface area contributed by atoms with E-state index in [1.165, 1.54) is 12.1 Å². The Morgan fingerprint density at radius 2 is 2.16 bits per heavy atom. The van der Waals surface area contributed by atoms with E-state index in [2.05, 4.69) is 5.16 Å². The van der Waals surface area contributed by atoms with Crippen LogP contribution in [0, 0.1) is 11.2 Å². The van der Waals surface area contributed by atoms with Crippen LogP contribution in [0.2, 0.25) is 0 Å². The fourth-order valence-corrected chi connectivity index (χ4v) is 1.86. The Morgan fingerprint density at radius 3 is 2.74 bits per heavy atom. The van der Waals surface area contributed by atoms with Crippen LogP contribution in [0.15, 0.2) is 29.4 Å². The predicted molar refractivity (Wildman–Crippen MR) is 76.1 cm³/mol. The SMILES string of the molecule is CN(CCCC(C)(C)C(N)=NO)c1cccc(F)c1. The molecular formula is C14H22FN3O. The van der Waals surface area contributed by atoms with E-state index in [-0.39, 0.29) is 17.1 Å². The number of benzene rings is 1. The number of nitrogens with two attached hydrogens (primary N) is 1. The highest BCUT2D eigenvalue weighted by Gasteiger charge is 2.23. The third-order valence-electron chi connectivity index (χ3n) is 3.35. The molecule has 1 aromatic rings. The van der Waals surface area contributed by atoms with Crippen LogP contribution in [0.1, 0.15) is 26.7 Å². The molecular weight excluding hydrogens is 245 g/mol. The molecule has 0 aromatic heterocycles. The van der Waals surface area contributed by atoms with Gasteiger partial charge in [-0.05, 0) is 31.0 Å². The molecule has 0 aliphatic heterocycles. The first-order chi connectivity index (χ1) is 8.86. The summed E-state index contributed by atoms with van der Waals surface area (Å²) in [6.07, 6.45) is 1.67. The molecule has 3 N–H and O–H groups in total. The van der Waals surface area contributed by atoms with Gasteiger partial charge in [0.1, 0.15) is 11.7 Å². The zero-order valence-corrected chi connectivity index (χ0v) is 11.7. The summed E-state index contributed by atoms with van der Waals surface area (Å²) in [5.74, 6) is 0.00208. The Balaban J connectivity index is 2.50. The summed E-state index contributed by atoms with van der Waals surface area (Å²) < 4.78 is 13.1. The van der Waals surface area contributed by atoms with E-state index in [1.807, 2.05) is 31.9 Å². The molecule has 0 aliphatic rings. The van der Waals surface area contributed by atoms with Crippen molar-refractivity contribution in [3.05, 3.63) is 30.1 Å². The minimum atomic E-state index is -0.336. The number of amidine groups is 1. The number of rotatable bonds is 6. The van der Waals surface area contributed by atoms with E-state index in [9.17, 15) is 4.39 Å². The summed E-state index contributed by atoms with van der Waals surface area (Å²) in [5.41, 5.74) is 6.15. The van der Waals surface area contributed by atoms with Crippen molar-refractivity contribution in [2.45, 2.75) is 26.7 Å². The lowest BCUT2D eigenvalue weighted by Gasteiger charge is -2.25. The lowest BCUT2D eigenvalue weighted by molar-refractivity contribution is 0.305. The summed E-state index contributed by atoms with van der Waals surface area (Å²) in [6.45, 7) is 4.65.